The lowest BCUT2D eigenvalue weighted by Crippen LogP contribution is -2.45. The number of carbonyl (C=O) groups is 2. The molecule has 0 spiro atoms. The highest BCUT2D eigenvalue weighted by atomic mass is 32.2. The van der Waals surface area contributed by atoms with Crippen LogP contribution >= 0.6 is 12.2 Å². The van der Waals surface area contributed by atoms with Gasteiger partial charge in [-0.15, -0.1) is 0 Å². The number of alkyl halides is 3. The predicted molar refractivity (Wildman–Crippen MR) is 113 cm³/mol. The summed E-state index contributed by atoms with van der Waals surface area (Å²) < 4.78 is 63.3. The summed E-state index contributed by atoms with van der Waals surface area (Å²) in [4.78, 5) is 28.6. The van der Waals surface area contributed by atoms with E-state index < -0.39 is 44.7 Å². The van der Waals surface area contributed by atoms with Crippen LogP contribution in [0.1, 0.15) is 36.2 Å². The SMILES string of the molecule is CN(C)C(=O)c1ccc(N2C(=O)C(C)(C)N(CCCS(N)(=O)=O)C2=S)cc1C(F)(F)F. The molecule has 8 nitrogen and oxygen atoms in total. The van der Waals surface area contributed by atoms with Crippen LogP contribution in [-0.4, -0.2) is 67.1 Å². The van der Waals surface area contributed by atoms with Crippen molar-refractivity contribution < 1.29 is 31.2 Å². The van der Waals surface area contributed by atoms with E-state index in [-0.39, 0.29) is 29.5 Å². The lowest BCUT2D eigenvalue weighted by molar-refractivity contribution is -0.138. The molecule has 0 aromatic heterocycles. The fraction of sp³-hybridized carbons (Fsp3) is 0.500. The maximum atomic E-state index is 13.7. The topological polar surface area (TPSA) is 104 Å². The predicted octanol–water partition coefficient (Wildman–Crippen LogP) is 1.80. The third kappa shape index (κ3) is 5.15. The molecular formula is C18H23F3N4O4S2. The van der Waals surface area contributed by atoms with Gasteiger partial charge < -0.3 is 9.80 Å². The summed E-state index contributed by atoms with van der Waals surface area (Å²) in [5, 5.41) is 4.93. The summed E-state index contributed by atoms with van der Waals surface area (Å²) in [5.74, 6) is -1.75. The lowest BCUT2D eigenvalue weighted by atomic mass is 10.0. The third-order valence-corrected chi connectivity index (χ3v) is 6.10. The molecule has 1 aromatic rings. The van der Waals surface area contributed by atoms with Crippen LogP contribution < -0.4 is 10.0 Å². The standard InChI is InChI=1S/C18H23F3N4O4S2/c1-17(2)15(27)25(16(30)24(17)8-5-9-31(22,28)29)11-6-7-12(14(26)23(3)4)13(10-11)18(19,20)21/h6-7,10H,5,8-9H2,1-4H3,(H2,22,28,29). The number of halogens is 3. The van der Waals surface area contributed by atoms with Crippen molar-refractivity contribution in [2.24, 2.45) is 5.14 Å². The molecule has 1 heterocycles. The average molecular weight is 481 g/mol. The number of nitrogens with zero attached hydrogens (tertiary/aromatic N) is 3. The van der Waals surface area contributed by atoms with E-state index >= 15 is 0 Å². The first-order chi connectivity index (χ1) is 14.0. The molecule has 1 aliphatic rings. The van der Waals surface area contributed by atoms with Crippen LogP contribution in [0.25, 0.3) is 0 Å². The third-order valence-electron chi connectivity index (χ3n) is 4.84. The highest BCUT2D eigenvalue weighted by Crippen LogP contribution is 2.38. The summed E-state index contributed by atoms with van der Waals surface area (Å²) >= 11 is 5.33. The lowest BCUT2D eigenvalue weighted by Gasteiger charge is -2.29. The van der Waals surface area contributed by atoms with Gasteiger partial charge in [0, 0.05) is 20.6 Å². The van der Waals surface area contributed by atoms with E-state index in [1.165, 1.54) is 38.9 Å². The van der Waals surface area contributed by atoms with Gasteiger partial charge in [-0.1, -0.05) is 0 Å². The Hall–Kier alpha value is -2.25. The molecule has 31 heavy (non-hydrogen) atoms. The van der Waals surface area contributed by atoms with E-state index in [0.717, 1.165) is 15.9 Å². The largest absolute Gasteiger partial charge is 0.417 e. The second kappa shape index (κ2) is 8.36. The van der Waals surface area contributed by atoms with E-state index in [1.807, 2.05) is 0 Å². The zero-order valence-corrected chi connectivity index (χ0v) is 19.0. The molecule has 1 fully saturated rings. The number of anilines is 1. The minimum Gasteiger partial charge on any atom is -0.345 e. The van der Waals surface area contributed by atoms with E-state index in [9.17, 15) is 31.2 Å². The smallest absolute Gasteiger partial charge is 0.345 e. The second-order valence-corrected chi connectivity index (χ2v) is 9.88. The quantitative estimate of drug-likeness (QED) is 0.623. The summed E-state index contributed by atoms with van der Waals surface area (Å²) in [6.45, 7) is 3.13. The number of primary sulfonamides is 1. The number of amides is 2. The normalized spacial score (nSPS) is 16.8. The molecule has 0 saturated carbocycles. The van der Waals surface area contributed by atoms with Crippen molar-refractivity contribution in [3.63, 3.8) is 0 Å². The number of carbonyl (C=O) groups excluding carboxylic acids is 2. The Balaban J connectivity index is 2.47. The van der Waals surface area contributed by atoms with Crippen LogP contribution in [-0.2, 0) is 21.0 Å². The summed E-state index contributed by atoms with van der Waals surface area (Å²) in [6.07, 6.45) is -4.76. The number of benzene rings is 1. The van der Waals surface area contributed by atoms with Gasteiger partial charge in [-0.05, 0) is 50.7 Å². The van der Waals surface area contributed by atoms with Crippen LogP contribution in [0.3, 0.4) is 0 Å². The van der Waals surface area contributed by atoms with Gasteiger partial charge in [-0.2, -0.15) is 13.2 Å². The van der Waals surface area contributed by atoms with E-state index in [1.54, 1.807) is 0 Å². The fourth-order valence-corrected chi connectivity index (χ4v) is 4.23. The van der Waals surface area contributed by atoms with Gasteiger partial charge in [0.15, 0.2) is 5.11 Å². The summed E-state index contributed by atoms with van der Waals surface area (Å²) in [5.41, 5.74) is -3.10. The number of thiocarbonyl (C=S) groups is 1. The average Bonchev–Trinajstić information content (AvgIpc) is 2.78. The molecule has 2 amide bonds. The van der Waals surface area contributed by atoms with Gasteiger partial charge in [0.05, 0.1) is 22.6 Å². The fourth-order valence-electron chi connectivity index (χ4n) is 3.20. The molecule has 0 aliphatic carbocycles. The van der Waals surface area contributed by atoms with Crippen molar-refractivity contribution in [3.8, 4) is 0 Å². The summed E-state index contributed by atoms with van der Waals surface area (Å²) in [7, 11) is -1.06. The van der Waals surface area contributed by atoms with Crippen molar-refractivity contribution in [1.29, 1.82) is 0 Å². The van der Waals surface area contributed by atoms with Crippen molar-refractivity contribution in [2.45, 2.75) is 32.0 Å². The van der Waals surface area contributed by atoms with Crippen LogP contribution in [0.4, 0.5) is 18.9 Å². The molecule has 0 unspecified atom stereocenters. The molecular weight excluding hydrogens is 457 g/mol. The van der Waals surface area contributed by atoms with Crippen LogP contribution in [0.15, 0.2) is 18.2 Å². The first kappa shape index (κ1) is 25.0. The minimum absolute atomic E-state index is 0.0633. The van der Waals surface area contributed by atoms with E-state index in [2.05, 4.69) is 0 Å². The van der Waals surface area contributed by atoms with E-state index in [4.69, 9.17) is 17.4 Å². The number of nitrogens with two attached hydrogens (primary N) is 1. The molecule has 0 atom stereocenters. The van der Waals surface area contributed by atoms with Gasteiger partial charge in [0.1, 0.15) is 5.54 Å². The Kier molecular flexibility index (Phi) is 6.74. The zero-order chi connectivity index (χ0) is 23.9. The Morgan fingerprint density at radius 2 is 1.84 bits per heavy atom. The zero-order valence-electron chi connectivity index (χ0n) is 17.4. The van der Waals surface area contributed by atoms with Gasteiger partial charge in [-0.25, -0.2) is 13.6 Å². The molecule has 2 N–H and O–H groups in total. The molecule has 1 aliphatic heterocycles. The molecule has 1 saturated heterocycles. The van der Waals surface area contributed by atoms with Gasteiger partial charge >= 0.3 is 6.18 Å². The first-order valence-electron chi connectivity index (χ1n) is 9.08. The van der Waals surface area contributed by atoms with Crippen molar-refractivity contribution in [1.82, 2.24) is 9.80 Å². The van der Waals surface area contributed by atoms with Crippen LogP contribution in [0.2, 0.25) is 0 Å². The maximum absolute atomic E-state index is 13.7. The highest BCUT2D eigenvalue weighted by molar-refractivity contribution is 7.89. The Bertz CT molecular complexity index is 1020. The number of rotatable bonds is 6. The van der Waals surface area contributed by atoms with Gasteiger partial charge in [-0.3, -0.25) is 14.5 Å². The second-order valence-electron chi connectivity index (χ2n) is 7.78. The summed E-state index contributed by atoms with van der Waals surface area (Å²) in [6, 6.07) is 2.94. The number of hydrogen-bond acceptors (Lipinski definition) is 5. The maximum Gasteiger partial charge on any atom is 0.417 e. The molecule has 0 radical (unpaired) electrons. The van der Waals surface area contributed by atoms with Gasteiger partial charge in [0.2, 0.25) is 10.0 Å². The van der Waals surface area contributed by atoms with Crippen molar-refractivity contribution in [3.05, 3.63) is 29.3 Å². The molecule has 172 valence electrons. The molecule has 2 rings (SSSR count). The highest BCUT2D eigenvalue weighted by Gasteiger charge is 2.49. The number of hydrogen-bond donors (Lipinski definition) is 1. The minimum atomic E-state index is -4.84. The number of sulfonamides is 1. The first-order valence-corrected chi connectivity index (χ1v) is 11.2. The Morgan fingerprint density at radius 3 is 2.32 bits per heavy atom. The Labute approximate surface area is 183 Å². The van der Waals surface area contributed by atoms with Crippen molar-refractivity contribution in [2.75, 3.05) is 31.3 Å². The van der Waals surface area contributed by atoms with E-state index in [0.29, 0.717) is 6.07 Å². The monoisotopic (exact) mass is 480 g/mol. The van der Waals surface area contributed by atoms with Crippen LogP contribution in [0.5, 0.6) is 0 Å². The Morgan fingerprint density at radius 1 is 1.26 bits per heavy atom. The van der Waals surface area contributed by atoms with Crippen molar-refractivity contribution >= 4 is 44.9 Å². The van der Waals surface area contributed by atoms with Crippen LogP contribution in [0, 0.1) is 0 Å². The van der Waals surface area contributed by atoms with Gasteiger partial charge in [0.25, 0.3) is 11.8 Å². The molecule has 1 aromatic carbocycles. The molecule has 13 heteroatoms. The molecule has 0 bridgehead atoms.